The zero-order chi connectivity index (χ0) is 14.7. The molecule has 2 heterocycles. The van der Waals surface area contributed by atoms with Crippen molar-refractivity contribution in [1.82, 2.24) is 14.5 Å². The molecule has 104 valence electrons. The molecule has 0 aliphatic carbocycles. The third-order valence-electron chi connectivity index (χ3n) is 4.18. The first-order chi connectivity index (χ1) is 10.0. The summed E-state index contributed by atoms with van der Waals surface area (Å²) in [6, 6.07) is 9.48. The van der Waals surface area contributed by atoms with Gasteiger partial charge in [0.25, 0.3) is 0 Å². The number of aromatic hydroxyl groups is 1. The first-order valence-electron chi connectivity index (χ1n) is 6.91. The lowest BCUT2D eigenvalue weighted by Crippen LogP contribution is -1.93. The molecule has 0 atom stereocenters. The highest BCUT2D eigenvalue weighted by Gasteiger charge is 2.13. The van der Waals surface area contributed by atoms with Gasteiger partial charge in [0.15, 0.2) is 5.65 Å². The maximum absolute atomic E-state index is 9.74. The first-order valence-corrected chi connectivity index (χ1v) is 6.91. The van der Waals surface area contributed by atoms with E-state index in [9.17, 15) is 5.11 Å². The van der Waals surface area contributed by atoms with Gasteiger partial charge in [0.2, 0.25) is 0 Å². The standard InChI is InChI=1S/C17H15N3O/c1-9-6-13-14(7-10(9)2)19-17-16(18-13)12-8-11(21)4-5-15(12)20(17)3/h4-8,21H,1-3H3. The molecule has 0 aliphatic heterocycles. The molecule has 0 spiro atoms. The number of benzene rings is 2. The van der Waals surface area contributed by atoms with E-state index in [0.717, 1.165) is 33.1 Å². The van der Waals surface area contributed by atoms with Crippen LogP contribution in [0.25, 0.3) is 33.1 Å². The number of hydrogen-bond acceptors (Lipinski definition) is 3. The van der Waals surface area contributed by atoms with Crippen LogP contribution in [0.4, 0.5) is 0 Å². The summed E-state index contributed by atoms with van der Waals surface area (Å²) in [4.78, 5) is 9.54. The second-order valence-corrected chi connectivity index (χ2v) is 5.58. The van der Waals surface area contributed by atoms with Gasteiger partial charge in [-0.3, -0.25) is 0 Å². The molecule has 2 aromatic carbocycles. The van der Waals surface area contributed by atoms with Crippen molar-refractivity contribution in [2.24, 2.45) is 7.05 Å². The van der Waals surface area contributed by atoms with Crippen LogP contribution in [0.2, 0.25) is 0 Å². The van der Waals surface area contributed by atoms with E-state index in [1.54, 1.807) is 12.1 Å². The summed E-state index contributed by atoms with van der Waals surface area (Å²) < 4.78 is 2.02. The van der Waals surface area contributed by atoms with Crippen LogP contribution < -0.4 is 0 Å². The SMILES string of the molecule is Cc1cc2nc3c4cc(O)ccc4n(C)c3nc2cc1C. The minimum Gasteiger partial charge on any atom is -0.508 e. The molecule has 21 heavy (non-hydrogen) atoms. The maximum atomic E-state index is 9.74. The van der Waals surface area contributed by atoms with Crippen molar-refractivity contribution in [3.63, 3.8) is 0 Å². The quantitative estimate of drug-likeness (QED) is 0.534. The molecule has 0 bridgehead atoms. The van der Waals surface area contributed by atoms with Gasteiger partial charge in [0.05, 0.1) is 16.6 Å². The van der Waals surface area contributed by atoms with Gasteiger partial charge in [-0.1, -0.05) is 0 Å². The molecule has 1 N–H and O–H groups in total. The van der Waals surface area contributed by atoms with Crippen molar-refractivity contribution >= 4 is 33.1 Å². The van der Waals surface area contributed by atoms with Gasteiger partial charge < -0.3 is 9.67 Å². The second-order valence-electron chi connectivity index (χ2n) is 5.58. The number of nitrogens with zero attached hydrogens (tertiary/aromatic N) is 3. The predicted molar refractivity (Wildman–Crippen MR) is 84.7 cm³/mol. The van der Waals surface area contributed by atoms with Crippen LogP contribution in [0.1, 0.15) is 11.1 Å². The van der Waals surface area contributed by atoms with Gasteiger partial charge in [-0.15, -0.1) is 0 Å². The normalized spacial score (nSPS) is 11.8. The lowest BCUT2D eigenvalue weighted by atomic mass is 10.1. The lowest BCUT2D eigenvalue weighted by molar-refractivity contribution is 0.476. The van der Waals surface area contributed by atoms with E-state index in [4.69, 9.17) is 9.97 Å². The summed E-state index contributed by atoms with van der Waals surface area (Å²) in [6.07, 6.45) is 0. The predicted octanol–water partition coefficient (Wildman–Crippen LogP) is 3.60. The minimum atomic E-state index is 0.247. The van der Waals surface area contributed by atoms with Gasteiger partial charge in [-0.2, -0.15) is 0 Å². The maximum Gasteiger partial charge on any atom is 0.160 e. The molecule has 4 rings (SSSR count). The highest BCUT2D eigenvalue weighted by molar-refractivity contribution is 6.06. The number of aromatic nitrogens is 3. The van der Waals surface area contributed by atoms with Crippen LogP contribution in [0, 0.1) is 13.8 Å². The summed E-state index contributed by atoms with van der Waals surface area (Å²) in [5.74, 6) is 0.247. The van der Waals surface area contributed by atoms with E-state index in [1.807, 2.05) is 17.7 Å². The van der Waals surface area contributed by atoms with E-state index in [1.165, 1.54) is 11.1 Å². The molecular weight excluding hydrogens is 262 g/mol. The van der Waals surface area contributed by atoms with Crippen molar-refractivity contribution in [1.29, 1.82) is 0 Å². The topological polar surface area (TPSA) is 50.9 Å². The summed E-state index contributed by atoms with van der Waals surface area (Å²) in [6.45, 7) is 4.16. The molecule has 0 unspecified atom stereocenters. The van der Waals surface area contributed by atoms with E-state index in [0.29, 0.717) is 0 Å². The Morgan fingerprint density at radius 1 is 0.952 bits per heavy atom. The lowest BCUT2D eigenvalue weighted by Gasteiger charge is -2.03. The van der Waals surface area contributed by atoms with Crippen LogP contribution in [-0.2, 0) is 7.05 Å². The summed E-state index contributed by atoms with van der Waals surface area (Å²) in [5.41, 5.74) is 6.91. The smallest absolute Gasteiger partial charge is 0.160 e. The van der Waals surface area contributed by atoms with E-state index < -0.39 is 0 Å². The number of hydrogen-bond donors (Lipinski definition) is 1. The molecular formula is C17H15N3O. The van der Waals surface area contributed by atoms with Crippen molar-refractivity contribution in [2.75, 3.05) is 0 Å². The highest BCUT2D eigenvalue weighted by Crippen LogP contribution is 2.30. The number of fused-ring (bicyclic) bond motifs is 4. The Labute approximate surface area is 121 Å². The third kappa shape index (κ3) is 1.62. The van der Waals surface area contributed by atoms with Gasteiger partial charge in [0, 0.05) is 12.4 Å². The Kier molecular flexibility index (Phi) is 2.28. The Morgan fingerprint density at radius 3 is 2.33 bits per heavy atom. The molecule has 0 fully saturated rings. The number of phenols is 1. The molecule has 0 saturated heterocycles. The summed E-state index contributed by atoms with van der Waals surface area (Å²) in [7, 11) is 1.98. The van der Waals surface area contributed by atoms with E-state index >= 15 is 0 Å². The molecule has 4 aromatic rings. The van der Waals surface area contributed by atoms with Crippen LogP contribution in [0.15, 0.2) is 30.3 Å². The van der Waals surface area contributed by atoms with Crippen molar-refractivity contribution in [3.8, 4) is 5.75 Å². The average Bonchev–Trinajstić information content (AvgIpc) is 2.71. The number of phenolic OH excluding ortho intramolecular Hbond substituents is 1. The second kappa shape index (κ2) is 3.95. The van der Waals surface area contributed by atoms with Crippen molar-refractivity contribution < 1.29 is 5.11 Å². The molecule has 2 aromatic heterocycles. The molecule has 0 saturated carbocycles. The molecule has 0 radical (unpaired) electrons. The Bertz CT molecular complexity index is 1030. The van der Waals surface area contributed by atoms with E-state index in [-0.39, 0.29) is 5.75 Å². The highest BCUT2D eigenvalue weighted by atomic mass is 16.3. The Hall–Kier alpha value is -2.62. The van der Waals surface area contributed by atoms with Gasteiger partial charge in [0.1, 0.15) is 11.3 Å². The summed E-state index contributed by atoms with van der Waals surface area (Å²) >= 11 is 0. The van der Waals surface area contributed by atoms with Gasteiger partial charge >= 0.3 is 0 Å². The Morgan fingerprint density at radius 2 is 1.62 bits per heavy atom. The van der Waals surface area contributed by atoms with Crippen LogP contribution in [0.3, 0.4) is 0 Å². The first kappa shape index (κ1) is 12.1. The van der Waals surface area contributed by atoms with Crippen molar-refractivity contribution in [2.45, 2.75) is 13.8 Å². The van der Waals surface area contributed by atoms with Crippen LogP contribution in [0.5, 0.6) is 5.75 Å². The van der Waals surface area contributed by atoms with Gasteiger partial charge in [-0.25, -0.2) is 9.97 Å². The van der Waals surface area contributed by atoms with E-state index in [2.05, 4.69) is 26.0 Å². The Balaban J connectivity index is 2.24. The van der Waals surface area contributed by atoms with Crippen LogP contribution in [-0.4, -0.2) is 19.6 Å². The number of rotatable bonds is 0. The molecule has 0 aliphatic rings. The van der Waals surface area contributed by atoms with Gasteiger partial charge in [-0.05, 0) is 55.3 Å². The summed E-state index contributed by atoms with van der Waals surface area (Å²) in [5, 5.41) is 10.7. The largest absolute Gasteiger partial charge is 0.508 e. The fourth-order valence-corrected chi connectivity index (χ4v) is 2.84. The van der Waals surface area contributed by atoms with Crippen LogP contribution >= 0.6 is 0 Å². The fourth-order valence-electron chi connectivity index (χ4n) is 2.84. The monoisotopic (exact) mass is 277 g/mol. The number of aryl methyl sites for hydroxylation is 3. The minimum absolute atomic E-state index is 0.247. The molecule has 4 nitrogen and oxygen atoms in total. The zero-order valence-corrected chi connectivity index (χ0v) is 12.2. The third-order valence-corrected chi connectivity index (χ3v) is 4.18. The average molecular weight is 277 g/mol. The molecule has 4 heteroatoms. The molecule has 0 amide bonds. The van der Waals surface area contributed by atoms with Crippen molar-refractivity contribution in [3.05, 3.63) is 41.5 Å². The zero-order valence-electron chi connectivity index (χ0n) is 12.2. The fraction of sp³-hybridized carbons (Fsp3) is 0.176.